The molecule has 0 aromatic carbocycles. The Morgan fingerprint density at radius 2 is 2.08 bits per heavy atom. The number of thiophene rings is 1. The highest BCUT2D eigenvalue weighted by atomic mass is 32.1. The van der Waals surface area contributed by atoms with E-state index in [0.717, 1.165) is 44.2 Å². The molecule has 1 aliphatic heterocycles. The first-order chi connectivity index (χ1) is 12.7. The summed E-state index contributed by atoms with van der Waals surface area (Å²) in [6.45, 7) is 3.92. The summed E-state index contributed by atoms with van der Waals surface area (Å²) in [6, 6.07) is 6.76. The van der Waals surface area contributed by atoms with Crippen molar-refractivity contribution in [3.05, 3.63) is 39.3 Å². The third-order valence-electron chi connectivity index (χ3n) is 5.56. The Morgan fingerprint density at radius 1 is 1.23 bits per heavy atom. The van der Waals surface area contributed by atoms with E-state index in [2.05, 4.69) is 32.9 Å². The summed E-state index contributed by atoms with van der Waals surface area (Å²) in [4.78, 5) is 16.3. The SMILES string of the molecule is O=C(O)CCc1cc2n(n1)CCCN(Cc1ccc(C3CCCC3)s1)C2. The van der Waals surface area contributed by atoms with Gasteiger partial charge in [-0.2, -0.15) is 5.10 Å². The van der Waals surface area contributed by atoms with Crippen LogP contribution in [0.3, 0.4) is 0 Å². The molecule has 4 rings (SSSR count). The van der Waals surface area contributed by atoms with Crippen molar-refractivity contribution in [2.45, 2.75) is 70.5 Å². The maximum atomic E-state index is 10.8. The zero-order valence-corrected chi connectivity index (χ0v) is 16.0. The molecular formula is C20H27N3O2S. The first-order valence-electron chi connectivity index (χ1n) is 9.76. The fourth-order valence-corrected chi connectivity index (χ4v) is 5.43. The summed E-state index contributed by atoms with van der Waals surface area (Å²) in [7, 11) is 0. The van der Waals surface area contributed by atoms with Crippen LogP contribution >= 0.6 is 11.3 Å². The number of carboxylic acid groups (broad SMARTS) is 1. The summed E-state index contributed by atoms with van der Waals surface area (Å²) in [5.74, 6) is 0.0432. The Balaban J connectivity index is 1.39. The lowest BCUT2D eigenvalue weighted by Crippen LogP contribution is -2.22. The van der Waals surface area contributed by atoms with Crippen LogP contribution < -0.4 is 0 Å². The fourth-order valence-electron chi connectivity index (χ4n) is 4.21. The molecule has 1 N–H and O–H groups in total. The second-order valence-corrected chi connectivity index (χ2v) is 8.79. The van der Waals surface area contributed by atoms with Crippen molar-refractivity contribution in [2.24, 2.45) is 0 Å². The van der Waals surface area contributed by atoms with Gasteiger partial charge < -0.3 is 5.11 Å². The highest BCUT2D eigenvalue weighted by Gasteiger charge is 2.21. The minimum absolute atomic E-state index is 0.152. The Hall–Kier alpha value is -1.66. The highest BCUT2D eigenvalue weighted by Crippen LogP contribution is 2.38. The Labute approximate surface area is 158 Å². The summed E-state index contributed by atoms with van der Waals surface area (Å²) >= 11 is 2.00. The van der Waals surface area contributed by atoms with Crippen LogP contribution in [0.15, 0.2) is 18.2 Å². The lowest BCUT2D eigenvalue weighted by molar-refractivity contribution is -0.136. The van der Waals surface area contributed by atoms with Gasteiger partial charge in [0.2, 0.25) is 0 Å². The second kappa shape index (κ2) is 7.92. The van der Waals surface area contributed by atoms with Crippen LogP contribution in [0.25, 0.3) is 0 Å². The van der Waals surface area contributed by atoms with Gasteiger partial charge in [0, 0.05) is 42.4 Å². The summed E-state index contributed by atoms with van der Waals surface area (Å²) in [6.07, 6.45) is 7.26. The van der Waals surface area contributed by atoms with Crippen LogP contribution in [0.2, 0.25) is 0 Å². The van der Waals surface area contributed by atoms with Crippen molar-refractivity contribution in [3.8, 4) is 0 Å². The first-order valence-corrected chi connectivity index (χ1v) is 10.6. The molecule has 0 radical (unpaired) electrons. The lowest BCUT2D eigenvalue weighted by Gasteiger charge is -2.18. The maximum Gasteiger partial charge on any atom is 0.303 e. The van der Waals surface area contributed by atoms with E-state index in [-0.39, 0.29) is 6.42 Å². The van der Waals surface area contributed by atoms with Gasteiger partial charge in [0.15, 0.2) is 0 Å². The zero-order chi connectivity index (χ0) is 17.9. The van der Waals surface area contributed by atoms with E-state index in [0.29, 0.717) is 6.42 Å². The zero-order valence-electron chi connectivity index (χ0n) is 15.2. The maximum absolute atomic E-state index is 10.8. The molecule has 2 aliphatic rings. The minimum atomic E-state index is -0.759. The summed E-state index contributed by atoms with van der Waals surface area (Å²) in [5.41, 5.74) is 2.12. The normalized spacial score (nSPS) is 18.8. The highest BCUT2D eigenvalue weighted by molar-refractivity contribution is 7.12. The number of rotatable bonds is 6. The van der Waals surface area contributed by atoms with Crippen LogP contribution in [0.4, 0.5) is 0 Å². The number of aryl methyl sites for hydroxylation is 2. The molecule has 0 spiro atoms. The summed E-state index contributed by atoms with van der Waals surface area (Å²) < 4.78 is 2.08. The second-order valence-electron chi connectivity index (χ2n) is 7.59. The fraction of sp³-hybridized carbons (Fsp3) is 0.600. The number of carboxylic acids is 1. The average molecular weight is 374 g/mol. The smallest absolute Gasteiger partial charge is 0.303 e. The van der Waals surface area contributed by atoms with E-state index in [1.807, 2.05) is 11.3 Å². The predicted molar refractivity (Wildman–Crippen MR) is 102 cm³/mol. The Bertz CT molecular complexity index is 761. The van der Waals surface area contributed by atoms with E-state index < -0.39 is 5.97 Å². The van der Waals surface area contributed by atoms with Gasteiger partial charge in [-0.3, -0.25) is 14.4 Å². The van der Waals surface area contributed by atoms with Gasteiger partial charge in [0.1, 0.15) is 0 Å². The first kappa shape index (κ1) is 17.7. The molecule has 1 aliphatic carbocycles. The van der Waals surface area contributed by atoms with Crippen molar-refractivity contribution in [1.29, 1.82) is 0 Å². The van der Waals surface area contributed by atoms with E-state index >= 15 is 0 Å². The standard InChI is InChI=1S/C20H27N3O2S/c24-20(25)9-6-16-12-17-13-22(10-3-11-23(17)21-16)14-18-7-8-19(26-18)15-4-1-2-5-15/h7-8,12,15H,1-6,9-11,13-14H2,(H,24,25). The van der Waals surface area contributed by atoms with Gasteiger partial charge in [0.25, 0.3) is 0 Å². The van der Waals surface area contributed by atoms with Crippen molar-refractivity contribution < 1.29 is 9.90 Å². The van der Waals surface area contributed by atoms with Gasteiger partial charge in [-0.25, -0.2) is 0 Å². The van der Waals surface area contributed by atoms with Gasteiger partial charge in [0.05, 0.1) is 17.8 Å². The van der Waals surface area contributed by atoms with Crippen molar-refractivity contribution in [3.63, 3.8) is 0 Å². The number of aliphatic carboxylic acids is 1. The molecular weight excluding hydrogens is 346 g/mol. The van der Waals surface area contributed by atoms with Crippen molar-refractivity contribution >= 4 is 17.3 Å². The van der Waals surface area contributed by atoms with Gasteiger partial charge in [-0.05, 0) is 43.4 Å². The van der Waals surface area contributed by atoms with E-state index in [1.54, 1.807) is 4.88 Å². The van der Waals surface area contributed by atoms with E-state index in [4.69, 9.17) is 5.11 Å². The molecule has 5 nitrogen and oxygen atoms in total. The number of hydrogen-bond acceptors (Lipinski definition) is 4. The molecule has 1 fully saturated rings. The molecule has 140 valence electrons. The lowest BCUT2D eigenvalue weighted by atomic mass is 10.1. The molecule has 2 aromatic rings. The molecule has 0 atom stereocenters. The predicted octanol–water partition coefficient (Wildman–Crippen LogP) is 4.03. The Kier molecular flexibility index (Phi) is 5.41. The average Bonchev–Trinajstić information content (AvgIpc) is 3.33. The van der Waals surface area contributed by atoms with Gasteiger partial charge >= 0.3 is 5.97 Å². The van der Waals surface area contributed by atoms with Crippen molar-refractivity contribution in [1.82, 2.24) is 14.7 Å². The topological polar surface area (TPSA) is 58.4 Å². The molecule has 0 bridgehead atoms. The van der Waals surface area contributed by atoms with Gasteiger partial charge in [-0.1, -0.05) is 12.8 Å². The minimum Gasteiger partial charge on any atom is -0.481 e. The quantitative estimate of drug-likeness (QED) is 0.831. The molecule has 1 saturated carbocycles. The number of aromatic nitrogens is 2. The molecule has 0 amide bonds. The third-order valence-corrected chi connectivity index (χ3v) is 6.79. The number of fused-ring (bicyclic) bond motifs is 1. The van der Waals surface area contributed by atoms with Crippen LogP contribution in [0.1, 0.15) is 65.6 Å². The Morgan fingerprint density at radius 3 is 2.88 bits per heavy atom. The van der Waals surface area contributed by atoms with Crippen molar-refractivity contribution in [2.75, 3.05) is 6.54 Å². The number of carbonyl (C=O) groups is 1. The molecule has 26 heavy (non-hydrogen) atoms. The van der Waals surface area contributed by atoms with E-state index in [9.17, 15) is 4.79 Å². The van der Waals surface area contributed by atoms with Crippen LogP contribution in [-0.2, 0) is 30.8 Å². The number of hydrogen-bond donors (Lipinski definition) is 1. The molecule has 3 heterocycles. The third kappa shape index (κ3) is 4.18. The monoisotopic (exact) mass is 373 g/mol. The molecule has 0 unspecified atom stereocenters. The number of nitrogens with zero attached hydrogens (tertiary/aromatic N) is 3. The largest absolute Gasteiger partial charge is 0.481 e. The van der Waals surface area contributed by atoms with Gasteiger partial charge in [-0.15, -0.1) is 11.3 Å². The van der Waals surface area contributed by atoms with Crippen LogP contribution in [0, 0.1) is 0 Å². The molecule has 0 saturated heterocycles. The van der Waals surface area contributed by atoms with E-state index in [1.165, 1.54) is 36.3 Å². The summed E-state index contributed by atoms with van der Waals surface area (Å²) in [5, 5.41) is 13.5. The molecule has 6 heteroatoms. The molecule has 2 aromatic heterocycles. The van der Waals surface area contributed by atoms with Crippen LogP contribution in [-0.4, -0.2) is 32.3 Å². The van der Waals surface area contributed by atoms with Crippen LogP contribution in [0.5, 0.6) is 0 Å².